The molecule has 1 heterocycles. The third kappa shape index (κ3) is 4.74. The van der Waals surface area contributed by atoms with E-state index in [1.807, 2.05) is 0 Å². The van der Waals surface area contributed by atoms with Gasteiger partial charge in [-0.1, -0.05) is 6.08 Å². The van der Waals surface area contributed by atoms with Crippen molar-refractivity contribution in [3.05, 3.63) is 11.6 Å². The van der Waals surface area contributed by atoms with Crippen molar-refractivity contribution in [2.75, 3.05) is 26.7 Å². The molecule has 0 aromatic rings. The van der Waals surface area contributed by atoms with E-state index in [9.17, 15) is 0 Å². The Hall–Kier alpha value is -0.380. The number of nitrogens with one attached hydrogen (secondary N) is 2. The quantitative estimate of drug-likeness (QED) is 0.518. The lowest BCUT2D eigenvalue weighted by Crippen LogP contribution is -2.27. The monoisotopic (exact) mass is 198 g/mol. The number of rotatable bonds is 5. The van der Waals surface area contributed by atoms with E-state index in [1.54, 1.807) is 7.05 Å². The van der Waals surface area contributed by atoms with Crippen molar-refractivity contribution >= 4 is 0 Å². The molecule has 0 bridgehead atoms. The van der Waals surface area contributed by atoms with Gasteiger partial charge in [0.05, 0.1) is 6.61 Å². The van der Waals surface area contributed by atoms with Crippen LogP contribution in [0.15, 0.2) is 11.6 Å². The van der Waals surface area contributed by atoms with Gasteiger partial charge in [-0.25, -0.2) is 5.48 Å². The standard InChI is InChI=1S/C11H22N2O/c1-10(9-14-12-2)3-4-11-5-7-13-8-6-11/h3,11-13H,4-9H2,1-2H3/b10-3-. The van der Waals surface area contributed by atoms with Crippen molar-refractivity contribution in [2.24, 2.45) is 5.92 Å². The molecule has 0 spiro atoms. The summed E-state index contributed by atoms with van der Waals surface area (Å²) in [6.45, 7) is 5.19. The van der Waals surface area contributed by atoms with Crippen molar-refractivity contribution in [1.82, 2.24) is 10.8 Å². The molecular weight excluding hydrogens is 176 g/mol. The van der Waals surface area contributed by atoms with Crippen LogP contribution in [0.4, 0.5) is 0 Å². The SMILES string of the molecule is CNOC/C(C)=C\CC1CCNCC1. The number of allylic oxidation sites excluding steroid dienone is 1. The van der Waals surface area contributed by atoms with Gasteiger partial charge in [0.15, 0.2) is 0 Å². The third-order valence-corrected chi connectivity index (χ3v) is 2.70. The predicted molar refractivity (Wildman–Crippen MR) is 59.0 cm³/mol. The summed E-state index contributed by atoms with van der Waals surface area (Å²) >= 11 is 0. The number of piperidine rings is 1. The summed E-state index contributed by atoms with van der Waals surface area (Å²) < 4.78 is 0. The molecule has 1 aliphatic heterocycles. The Labute approximate surface area is 86.9 Å². The van der Waals surface area contributed by atoms with Gasteiger partial charge in [-0.15, -0.1) is 0 Å². The fourth-order valence-corrected chi connectivity index (χ4v) is 1.73. The van der Waals surface area contributed by atoms with Crippen LogP contribution in [0.1, 0.15) is 26.2 Å². The van der Waals surface area contributed by atoms with E-state index in [1.165, 1.54) is 37.9 Å². The van der Waals surface area contributed by atoms with Gasteiger partial charge in [-0.2, -0.15) is 0 Å². The van der Waals surface area contributed by atoms with E-state index < -0.39 is 0 Å². The zero-order valence-electron chi connectivity index (χ0n) is 9.31. The smallest absolute Gasteiger partial charge is 0.0890 e. The zero-order valence-corrected chi connectivity index (χ0v) is 9.31. The lowest BCUT2D eigenvalue weighted by Gasteiger charge is -2.21. The van der Waals surface area contributed by atoms with Gasteiger partial charge in [-0.05, 0) is 50.8 Å². The van der Waals surface area contributed by atoms with Crippen LogP contribution >= 0.6 is 0 Å². The maximum Gasteiger partial charge on any atom is 0.0890 e. The maximum atomic E-state index is 5.10. The molecule has 0 saturated carbocycles. The average Bonchev–Trinajstić information content (AvgIpc) is 2.25. The minimum Gasteiger partial charge on any atom is -0.317 e. The number of hydroxylamine groups is 1. The van der Waals surface area contributed by atoms with Crippen LogP contribution in [0.5, 0.6) is 0 Å². The molecule has 3 nitrogen and oxygen atoms in total. The second-order valence-corrected chi connectivity index (χ2v) is 3.97. The molecule has 3 heteroatoms. The van der Waals surface area contributed by atoms with Crippen LogP contribution in [-0.4, -0.2) is 26.7 Å². The Morgan fingerprint density at radius 1 is 1.50 bits per heavy atom. The van der Waals surface area contributed by atoms with Gasteiger partial charge in [0.2, 0.25) is 0 Å². The molecule has 0 amide bonds. The highest BCUT2D eigenvalue weighted by Gasteiger charge is 2.10. The van der Waals surface area contributed by atoms with Crippen molar-refractivity contribution in [2.45, 2.75) is 26.2 Å². The topological polar surface area (TPSA) is 33.3 Å². The molecule has 0 unspecified atom stereocenters. The van der Waals surface area contributed by atoms with Crippen molar-refractivity contribution < 1.29 is 4.84 Å². The molecular formula is C11H22N2O. The average molecular weight is 198 g/mol. The zero-order chi connectivity index (χ0) is 10.2. The highest BCUT2D eigenvalue weighted by Crippen LogP contribution is 2.17. The van der Waals surface area contributed by atoms with Crippen molar-refractivity contribution in [3.8, 4) is 0 Å². The number of hydrogen-bond donors (Lipinski definition) is 2. The maximum absolute atomic E-state index is 5.10. The first-order valence-corrected chi connectivity index (χ1v) is 5.48. The Morgan fingerprint density at radius 2 is 2.21 bits per heavy atom. The summed E-state index contributed by atoms with van der Waals surface area (Å²) in [5.74, 6) is 0.876. The molecule has 1 fully saturated rings. The van der Waals surface area contributed by atoms with Gasteiger partial charge in [0.25, 0.3) is 0 Å². The molecule has 14 heavy (non-hydrogen) atoms. The molecule has 2 N–H and O–H groups in total. The van der Waals surface area contributed by atoms with Gasteiger partial charge in [-0.3, -0.25) is 4.84 Å². The lowest BCUT2D eigenvalue weighted by molar-refractivity contribution is 0.0758. The van der Waals surface area contributed by atoms with Gasteiger partial charge >= 0.3 is 0 Å². The molecule has 1 saturated heterocycles. The normalized spacial score (nSPS) is 20.0. The predicted octanol–water partition coefficient (Wildman–Crippen LogP) is 1.47. The van der Waals surface area contributed by atoms with Gasteiger partial charge in [0.1, 0.15) is 0 Å². The summed E-state index contributed by atoms with van der Waals surface area (Å²) in [5.41, 5.74) is 4.00. The molecule has 82 valence electrons. The van der Waals surface area contributed by atoms with E-state index in [4.69, 9.17) is 4.84 Å². The van der Waals surface area contributed by atoms with Crippen LogP contribution in [0.3, 0.4) is 0 Å². The van der Waals surface area contributed by atoms with Crippen LogP contribution in [0.25, 0.3) is 0 Å². The molecule has 0 atom stereocenters. The van der Waals surface area contributed by atoms with Crippen LogP contribution in [-0.2, 0) is 4.84 Å². The molecule has 0 radical (unpaired) electrons. The Bertz CT molecular complexity index is 174. The highest BCUT2D eigenvalue weighted by atomic mass is 16.6. The highest BCUT2D eigenvalue weighted by molar-refractivity contribution is 4.99. The van der Waals surface area contributed by atoms with Crippen LogP contribution in [0.2, 0.25) is 0 Å². The molecule has 1 rings (SSSR count). The second-order valence-electron chi connectivity index (χ2n) is 3.97. The lowest BCUT2D eigenvalue weighted by atomic mass is 9.94. The second kappa shape index (κ2) is 6.98. The summed E-state index contributed by atoms with van der Waals surface area (Å²) in [7, 11) is 1.79. The summed E-state index contributed by atoms with van der Waals surface area (Å²) in [6, 6.07) is 0. The Balaban J connectivity index is 2.15. The van der Waals surface area contributed by atoms with E-state index in [2.05, 4.69) is 23.8 Å². The van der Waals surface area contributed by atoms with Gasteiger partial charge in [0, 0.05) is 7.05 Å². The summed E-state index contributed by atoms with van der Waals surface area (Å²) in [4.78, 5) is 5.10. The first kappa shape index (κ1) is 11.7. The Morgan fingerprint density at radius 3 is 2.86 bits per heavy atom. The first-order valence-electron chi connectivity index (χ1n) is 5.48. The summed E-state index contributed by atoms with van der Waals surface area (Å²) in [5, 5.41) is 3.38. The third-order valence-electron chi connectivity index (χ3n) is 2.70. The largest absolute Gasteiger partial charge is 0.317 e. The van der Waals surface area contributed by atoms with E-state index in [0.29, 0.717) is 6.61 Å². The van der Waals surface area contributed by atoms with Crippen LogP contribution < -0.4 is 10.8 Å². The minimum absolute atomic E-state index is 0.696. The van der Waals surface area contributed by atoms with Crippen molar-refractivity contribution in [3.63, 3.8) is 0 Å². The van der Waals surface area contributed by atoms with E-state index in [-0.39, 0.29) is 0 Å². The van der Waals surface area contributed by atoms with Gasteiger partial charge < -0.3 is 5.32 Å². The fourth-order valence-electron chi connectivity index (χ4n) is 1.73. The van der Waals surface area contributed by atoms with E-state index >= 15 is 0 Å². The van der Waals surface area contributed by atoms with Crippen molar-refractivity contribution in [1.29, 1.82) is 0 Å². The number of hydrogen-bond acceptors (Lipinski definition) is 3. The molecule has 0 aliphatic carbocycles. The summed E-state index contributed by atoms with van der Waals surface area (Å²) in [6.07, 6.45) is 6.15. The van der Waals surface area contributed by atoms with E-state index in [0.717, 1.165) is 5.92 Å². The fraction of sp³-hybridized carbons (Fsp3) is 0.818. The molecule has 1 aliphatic rings. The molecule has 0 aromatic heterocycles. The first-order chi connectivity index (χ1) is 6.83. The molecule has 0 aromatic carbocycles. The minimum atomic E-state index is 0.696. The van der Waals surface area contributed by atoms with Crippen LogP contribution in [0, 0.1) is 5.92 Å². The Kier molecular flexibility index (Phi) is 5.83.